The van der Waals surface area contributed by atoms with Gasteiger partial charge in [0.05, 0.1) is 6.54 Å². The number of amides is 3. The maximum absolute atomic E-state index is 13.3. The normalized spacial score (nSPS) is 19.6. The number of benzene rings is 3. The number of carbonyl (C=O) groups is 2. The molecular formula is C22H19FN2O2. The van der Waals surface area contributed by atoms with E-state index in [1.807, 2.05) is 49.4 Å². The van der Waals surface area contributed by atoms with Crippen LogP contribution in [0.1, 0.15) is 24.5 Å². The number of fused-ring (bicyclic) bond motifs is 1. The molecule has 1 heterocycles. The van der Waals surface area contributed by atoms with E-state index < -0.39 is 11.6 Å². The molecule has 27 heavy (non-hydrogen) atoms. The predicted octanol–water partition coefficient (Wildman–Crippen LogP) is 4.34. The first-order valence-electron chi connectivity index (χ1n) is 8.92. The number of carbonyl (C=O) groups excluding carboxylic acids is 2. The summed E-state index contributed by atoms with van der Waals surface area (Å²) < 4.78 is 13.3. The Morgan fingerprint density at radius 3 is 2.41 bits per heavy atom. The summed E-state index contributed by atoms with van der Waals surface area (Å²) in [4.78, 5) is 27.1. The standard InChI is InChI=1S/C22H19FN2O2/c1-2-22(17-10-12-18(23)13-11-17)20(26)25(21(27)24-22)14-16-8-5-7-15-6-3-4-9-19(15)16/h3-13H,2,14H2,1H3,(H,24,27)/t22-/m1/s1. The number of halogens is 1. The fourth-order valence-electron chi connectivity index (χ4n) is 3.74. The van der Waals surface area contributed by atoms with Crippen molar-refractivity contribution in [3.8, 4) is 0 Å². The number of hydrogen-bond donors (Lipinski definition) is 1. The van der Waals surface area contributed by atoms with E-state index in [9.17, 15) is 14.0 Å². The first-order chi connectivity index (χ1) is 13.0. The molecule has 0 bridgehead atoms. The zero-order chi connectivity index (χ0) is 19.0. The molecule has 4 rings (SSSR count). The van der Waals surface area contributed by atoms with Crippen molar-refractivity contribution >= 4 is 22.7 Å². The molecule has 1 atom stereocenters. The minimum atomic E-state index is -1.16. The Morgan fingerprint density at radius 2 is 1.67 bits per heavy atom. The Morgan fingerprint density at radius 1 is 0.963 bits per heavy atom. The fraction of sp³-hybridized carbons (Fsp3) is 0.182. The van der Waals surface area contributed by atoms with Crippen molar-refractivity contribution in [2.45, 2.75) is 25.4 Å². The number of urea groups is 1. The van der Waals surface area contributed by atoms with Gasteiger partial charge in [-0.15, -0.1) is 0 Å². The van der Waals surface area contributed by atoms with Crippen LogP contribution in [0.3, 0.4) is 0 Å². The molecule has 0 aromatic heterocycles. The molecule has 136 valence electrons. The van der Waals surface area contributed by atoms with Crippen LogP contribution in [-0.4, -0.2) is 16.8 Å². The van der Waals surface area contributed by atoms with Crippen LogP contribution in [0.4, 0.5) is 9.18 Å². The molecule has 0 unspecified atom stereocenters. The maximum atomic E-state index is 13.3. The van der Waals surface area contributed by atoms with Crippen molar-refractivity contribution in [1.29, 1.82) is 0 Å². The molecule has 5 heteroatoms. The number of hydrogen-bond acceptors (Lipinski definition) is 2. The first-order valence-corrected chi connectivity index (χ1v) is 8.92. The topological polar surface area (TPSA) is 49.4 Å². The molecule has 4 nitrogen and oxygen atoms in total. The molecule has 0 radical (unpaired) electrons. The van der Waals surface area contributed by atoms with Gasteiger partial charge in [-0.1, -0.05) is 61.5 Å². The Labute approximate surface area is 156 Å². The van der Waals surface area contributed by atoms with Gasteiger partial charge < -0.3 is 5.32 Å². The molecule has 0 saturated carbocycles. The largest absolute Gasteiger partial charge is 0.325 e. The van der Waals surface area contributed by atoms with E-state index in [0.29, 0.717) is 12.0 Å². The summed E-state index contributed by atoms with van der Waals surface area (Å²) in [5, 5.41) is 4.90. The van der Waals surface area contributed by atoms with Gasteiger partial charge in [0.25, 0.3) is 5.91 Å². The van der Waals surface area contributed by atoms with E-state index in [2.05, 4.69) is 5.32 Å². The summed E-state index contributed by atoms with van der Waals surface area (Å²) >= 11 is 0. The SMILES string of the molecule is CC[C@]1(c2ccc(F)cc2)NC(=O)N(Cc2cccc3ccccc23)C1=O. The molecule has 1 aliphatic heterocycles. The lowest BCUT2D eigenvalue weighted by Crippen LogP contribution is -2.43. The van der Waals surface area contributed by atoms with Gasteiger partial charge in [-0.05, 0) is 40.5 Å². The summed E-state index contributed by atoms with van der Waals surface area (Å²) in [5.41, 5.74) is 0.336. The second-order valence-electron chi connectivity index (χ2n) is 6.73. The van der Waals surface area contributed by atoms with Gasteiger partial charge in [-0.25, -0.2) is 9.18 Å². The Kier molecular flexibility index (Phi) is 4.15. The van der Waals surface area contributed by atoms with Crippen LogP contribution in [0.25, 0.3) is 10.8 Å². The third-order valence-electron chi connectivity index (χ3n) is 5.25. The average Bonchev–Trinajstić information content (AvgIpc) is 2.94. The van der Waals surface area contributed by atoms with E-state index in [0.717, 1.165) is 16.3 Å². The quantitative estimate of drug-likeness (QED) is 0.702. The van der Waals surface area contributed by atoms with Gasteiger partial charge in [0.1, 0.15) is 11.4 Å². The highest BCUT2D eigenvalue weighted by Crippen LogP contribution is 2.34. The number of nitrogens with one attached hydrogen (secondary N) is 1. The number of nitrogens with zero attached hydrogens (tertiary/aromatic N) is 1. The molecule has 0 aliphatic carbocycles. The molecule has 3 aromatic carbocycles. The summed E-state index contributed by atoms with van der Waals surface area (Å²) in [5.74, 6) is -0.691. The molecule has 1 fully saturated rings. The highest BCUT2D eigenvalue weighted by Gasteiger charge is 2.51. The van der Waals surface area contributed by atoms with Gasteiger partial charge in [0, 0.05) is 0 Å². The molecule has 1 aliphatic rings. The highest BCUT2D eigenvalue weighted by atomic mass is 19.1. The second kappa shape index (κ2) is 6.50. The molecular weight excluding hydrogens is 343 g/mol. The summed E-state index contributed by atoms with van der Waals surface area (Å²) in [7, 11) is 0. The first kappa shape index (κ1) is 17.2. The van der Waals surface area contributed by atoms with Crippen LogP contribution >= 0.6 is 0 Å². The maximum Gasteiger partial charge on any atom is 0.325 e. The highest BCUT2D eigenvalue weighted by molar-refractivity contribution is 6.07. The monoisotopic (exact) mass is 362 g/mol. The van der Waals surface area contributed by atoms with Crippen LogP contribution in [-0.2, 0) is 16.9 Å². The molecule has 3 aromatic rings. The van der Waals surface area contributed by atoms with Gasteiger partial charge in [-0.3, -0.25) is 9.69 Å². The lowest BCUT2D eigenvalue weighted by Gasteiger charge is -2.26. The minimum absolute atomic E-state index is 0.189. The molecule has 3 amide bonds. The van der Waals surface area contributed by atoms with Crippen molar-refractivity contribution < 1.29 is 14.0 Å². The van der Waals surface area contributed by atoms with Gasteiger partial charge in [0.15, 0.2) is 0 Å². The third kappa shape index (κ3) is 2.76. The Balaban J connectivity index is 1.71. The van der Waals surface area contributed by atoms with Gasteiger partial charge in [0.2, 0.25) is 0 Å². The lowest BCUT2D eigenvalue weighted by atomic mass is 9.87. The minimum Gasteiger partial charge on any atom is -0.319 e. The van der Waals surface area contributed by atoms with Crippen LogP contribution in [0.15, 0.2) is 66.7 Å². The third-order valence-corrected chi connectivity index (χ3v) is 5.25. The number of rotatable bonds is 4. The fourth-order valence-corrected chi connectivity index (χ4v) is 3.74. The molecule has 1 saturated heterocycles. The summed E-state index contributed by atoms with van der Waals surface area (Å²) in [6.45, 7) is 2.03. The van der Waals surface area contributed by atoms with Crippen molar-refractivity contribution in [2.24, 2.45) is 0 Å². The van der Waals surface area contributed by atoms with Crippen LogP contribution in [0.2, 0.25) is 0 Å². The van der Waals surface area contributed by atoms with Crippen molar-refractivity contribution in [2.75, 3.05) is 0 Å². The van der Waals surface area contributed by atoms with E-state index >= 15 is 0 Å². The Bertz CT molecular complexity index is 1030. The van der Waals surface area contributed by atoms with Gasteiger partial charge in [-0.2, -0.15) is 0 Å². The van der Waals surface area contributed by atoms with Crippen molar-refractivity contribution in [3.63, 3.8) is 0 Å². The van der Waals surface area contributed by atoms with E-state index in [-0.39, 0.29) is 18.3 Å². The smallest absolute Gasteiger partial charge is 0.319 e. The van der Waals surface area contributed by atoms with Crippen LogP contribution < -0.4 is 5.32 Å². The molecule has 1 N–H and O–H groups in total. The van der Waals surface area contributed by atoms with Crippen molar-refractivity contribution in [1.82, 2.24) is 10.2 Å². The summed E-state index contributed by atoms with van der Waals surface area (Å²) in [6.07, 6.45) is 0.384. The molecule has 0 spiro atoms. The number of imide groups is 1. The Hall–Kier alpha value is -3.21. The van der Waals surface area contributed by atoms with E-state index in [1.165, 1.54) is 17.0 Å². The van der Waals surface area contributed by atoms with Crippen LogP contribution in [0.5, 0.6) is 0 Å². The van der Waals surface area contributed by atoms with E-state index in [1.54, 1.807) is 12.1 Å². The van der Waals surface area contributed by atoms with E-state index in [4.69, 9.17) is 0 Å². The zero-order valence-corrected chi connectivity index (χ0v) is 14.9. The van der Waals surface area contributed by atoms with Crippen molar-refractivity contribution in [3.05, 3.63) is 83.7 Å². The summed E-state index contributed by atoms with van der Waals surface area (Å²) in [6, 6.07) is 19.0. The predicted molar refractivity (Wildman–Crippen MR) is 101 cm³/mol. The van der Waals surface area contributed by atoms with Crippen LogP contribution in [0, 0.1) is 5.82 Å². The lowest BCUT2D eigenvalue weighted by molar-refractivity contribution is -0.132. The van der Waals surface area contributed by atoms with Gasteiger partial charge >= 0.3 is 6.03 Å². The zero-order valence-electron chi connectivity index (χ0n) is 14.9. The second-order valence-corrected chi connectivity index (χ2v) is 6.73. The average molecular weight is 362 g/mol.